The van der Waals surface area contributed by atoms with Crippen molar-refractivity contribution < 1.29 is 41.8 Å². The lowest BCUT2D eigenvalue weighted by atomic mass is 9.82. The van der Waals surface area contributed by atoms with Crippen LogP contribution >= 0.6 is 0 Å². The van der Waals surface area contributed by atoms with Crippen LogP contribution in [0.5, 0.6) is 0 Å². The number of amides is 1. The van der Waals surface area contributed by atoms with E-state index in [0.29, 0.717) is 0 Å². The number of hydrogen-bond donors (Lipinski definition) is 2. The van der Waals surface area contributed by atoms with Crippen molar-refractivity contribution in [3.8, 4) is 0 Å². The molecule has 2 atom stereocenters. The fourth-order valence-electron chi connectivity index (χ4n) is 2.67. The molecule has 1 amide bonds. The molecule has 0 spiro atoms. The quantitative estimate of drug-likeness (QED) is 0.414. The van der Waals surface area contributed by atoms with E-state index in [9.17, 15) is 31.9 Å². The second-order valence-electron chi connectivity index (χ2n) is 6.20. The van der Waals surface area contributed by atoms with Gasteiger partial charge in [-0.05, 0) is 31.0 Å². The van der Waals surface area contributed by atoms with E-state index in [2.05, 4.69) is 10.1 Å². The van der Waals surface area contributed by atoms with Gasteiger partial charge in [0, 0.05) is 5.69 Å². The maximum Gasteiger partial charge on any atom is 0.340 e. The highest BCUT2D eigenvalue weighted by molar-refractivity contribution is 5.97. The zero-order valence-electron chi connectivity index (χ0n) is 14.4. The molecule has 152 valence electrons. The maximum atomic E-state index is 13.0. The van der Waals surface area contributed by atoms with Gasteiger partial charge in [-0.3, -0.25) is 9.59 Å². The van der Waals surface area contributed by atoms with Gasteiger partial charge in [0.05, 0.1) is 17.4 Å². The zero-order chi connectivity index (χ0) is 20.9. The topological polar surface area (TPSA) is 92.7 Å². The van der Waals surface area contributed by atoms with E-state index in [0.717, 1.165) is 0 Å². The molecule has 0 bridgehead atoms. The first-order valence-corrected chi connectivity index (χ1v) is 8.23. The number of hydrogen-bond acceptors (Lipinski definition) is 4. The molecule has 0 aromatic heterocycles. The van der Waals surface area contributed by atoms with Crippen LogP contribution < -0.4 is 5.32 Å². The summed E-state index contributed by atoms with van der Waals surface area (Å²) in [7, 11) is 0. The van der Waals surface area contributed by atoms with Crippen molar-refractivity contribution in [2.75, 3.05) is 11.9 Å². The Morgan fingerprint density at radius 2 is 1.82 bits per heavy atom. The molecule has 0 unspecified atom stereocenters. The van der Waals surface area contributed by atoms with Gasteiger partial charge in [0.15, 0.2) is 6.61 Å². The van der Waals surface area contributed by atoms with Crippen molar-refractivity contribution in [2.45, 2.75) is 25.2 Å². The van der Waals surface area contributed by atoms with Gasteiger partial charge in [0.2, 0.25) is 5.91 Å². The van der Waals surface area contributed by atoms with E-state index in [1.165, 1.54) is 24.3 Å². The SMILES string of the molecule is O=C(O)c1cccc(NC(=O)[C@@H]2CC=CC[C@H]2C(=O)OCC(F)(F)C(F)F)c1. The smallest absolute Gasteiger partial charge is 0.340 e. The molecule has 0 saturated heterocycles. The van der Waals surface area contributed by atoms with Crippen molar-refractivity contribution in [3.05, 3.63) is 42.0 Å². The fraction of sp³-hybridized carbons (Fsp3) is 0.389. The Bertz CT molecular complexity index is 781. The zero-order valence-corrected chi connectivity index (χ0v) is 14.4. The molecule has 0 heterocycles. The molecule has 6 nitrogen and oxygen atoms in total. The highest BCUT2D eigenvalue weighted by Gasteiger charge is 2.43. The molecule has 0 saturated carbocycles. The molecule has 2 rings (SSSR count). The van der Waals surface area contributed by atoms with Gasteiger partial charge in [-0.15, -0.1) is 0 Å². The number of anilines is 1. The van der Waals surface area contributed by atoms with E-state index < -0.39 is 48.6 Å². The molecule has 28 heavy (non-hydrogen) atoms. The number of carboxylic acid groups (broad SMARTS) is 1. The van der Waals surface area contributed by atoms with Gasteiger partial charge in [0.25, 0.3) is 0 Å². The monoisotopic (exact) mass is 403 g/mol. The third-order valence-corrected chi connectivity index (χ3v) is 4.18. The molecule has 1 aromatic rings. The first-order chi connectivity index (χ1) is 13.1. The summed E-state index contributed by atoms with van der Waals surface area (Å²) in [6.45, 7) is -1.78. The Morgan fingerprint density at radius 1 is 1.18 bits per heavy atom. The molecule has 2 N–H and O–H groups in total. The van der Waals surface area contributed by atoms with Crippen LogP contribution in [0.25, 0.3) is 0 Å². The lowest BCUT2D eigenvalue weighted by Gasteiger charge is -2.26. The van der Waals surface area contributed by atoms with Crippen molar-refractivity contribution in [3.63, 3.8) is 0 Å². The lowest BCUT2D eigenvalue weighted by molar-refractivity contribution is -0.184. The lowest BCUT2D eigenvalue weighted by Crippen LogP contribution is -2.39. The summed E-state index contributed by atoms with van der Waals surface area (Å²) in [5.41, 5.74) is 0.113. The van der Waals surface area contributed by atoms with Crippen molar-refractivity contribution >= 4 is 23.5 Å². The average Bonchev–Trinajstić information content (AvgIpc) is 2.66. The summed E-state index contributed by atoms with van der Waals surface area (Å²) >= 11 is 0. The van der Waals surface area contributed by atoms with Crippen LogP contribution in [0.1, 0.15) is 23.2 Å². The minimum atomic E-state index is -4.48. The normalized spacial score (nSPS) is 19.3. The summed E-state index contributed by atoms with van der Waals surface area (Å²) in [6, 6.07) is 5.40. The number of carboxylic acids is 1. The number of ether oxygens (including phenoxy) is 1. The van der Waals surface area contributed by atoms with Gasteiger partial charge in [0.1, 0.15) is 0 Å². The van der Waals surface area contributed by atoms with Crippen molar-refractivity contribution in [1.82, 2.24) is 0 Å². The highest BCUT2D eigenvalue weighted by atomic mass is 19.3. The molecule has 0 aliphatic heterocycles. The predicted octanol–water partition coefficient (Wildman–Crippen LogP) is 3.35. The Labute approximate surface area is 157 Å². The number of benzene rings is 1. The Kier molecular flexibility index (Phi) is 6.76. The Hall–Kier alpha value is -2.91. The molecule has 0 radical (unpaired) electrons. The minimum absolute atomic E-state index is 0.0202. The third-order valence-electron chi connectivity index (χ3n) is 4.18. The molecule has 1 aromatic carbocycles. The second kappa shape index (κ2) is 8.85. The highest BCUT2D eigenvalue weighted by Crippen LogP contribution is 2.30. The predicted molar refractivity (Wildman–Crippen MR) is 89.3 cm³/mol. The molecule has 1 aliphatic carbocycles. The second-order valence-corrected chi connectivity index (χ2v) is 6.20. The molecular formula is C18H17F4NO5. The van der Waals surface area contributed by atoms with Gasteiger partial charge in [-0.2, -0.15) is 8.78 Å². The number of carbonyl (C=O) groups is 3. The first kappa shape index (κ1) is 21.4. The van der Waals surface area contributed by atoms with E-state index >= 15 is 0 Å². The minimum Gasteiger partial charge on any atom is -0.478 e. The van der Waals surface area contributed by atoms with E-state index in [1.807, 2.05) is 0 Å². The Balaban J connectivity index is 2.07. The van der Waals surface area contributed by atoms with Gasteiger partial charge >= 0.3 is 24.3 Å². The summed E-state index contributed by atoms with van der Waals surface area (Å²) < 4.78 is 54.6. The average molecular weight is 403 g/mol. The van der Waals surface area contributed by atoms with Crippen LogP contribution in [0.2, 0.25) is 0 Å². The van der Waals surface area contributed by atoms with Crippen LogP contribution in [0.4, 0.5) is 23.2 Å². The number of allylic oxidation sites excluding steroid dienone is 2. The molecule has 0 fully saturated rings. The maximum absolute atomic E-state index is 13.0. The number of esters is 1. The fourth-order valence-corrected chi connectivity index (χ4v) is 2.67. The molecular weight excluding hydrogens is 386 g/mol. The van der Waals surface area contributed by atoms with E-state index in [-0.39, 0.29) is 24.1 Å². The van der Waals surface area contributed by atoms with Crippen LogP contribution in [-0.2, 0) is 14.3 Å². The summed E-state index contributed by atoms with van der Waals surface area (Å²) in [5.74, 6) is -9.60. The number of nitrogens with one attached hydrogen (secondary N) is 1. The van der Waals surface area contributed by atoms with Gasteiger partial charge in [-0.1, -0.05) is 18.2 Å². The standard InChI is InChI=1S/C18H17F4NO5/c19-17(20)18(21,22)9-28-16(27)13-7-2-1-6-12(13)14(24)23-11-5-3-4-10(8-11)15(25)26/h1-5,8,12-13,17H,6-7,9H2,(H,23,24)(H,25,26)/t12-,13-/m1/s1. The van der Waals surface area contributed by atoms with Crippen LogP contribution in [0.15, 0.2) is 36.4 Å². The van der Waals surface area contributed by atoms with Crippen LogP contribution in [0.3, 0.4) is 0 Å². The summed E-state index contributed by atoms with van der Waals surface area (Å²) in [4.78, 5) is 35.6. The van der Waals surface area contributed by atoms with Gasteiger partial charge < -0.3 is 15.2 Å². The molecule has 1 aliphatic rings. The number of carbonyl (C=O) groups excluding carboxylic acids is 2. The van der Waals surface area contributed by atoms with Gasteiger partial charge in [-0.25, -0.2) is 13.6 Å². The number of alkyl halides is 4. The third kappa shape index (κ3) is 5.30. The van der Waals surface area contributed by atoms with Crippen LogP contribution in [0, 0.1) is 11.8 Å². The Morgan fingerprint density at radius 3 is 2.43 bits per heavy atom. The van der Waals surface area contributed by atoms with E-state index in [1.54, 1.807) is 12.2 Å². The number of halogens is 4. The van der Waals surface area contributed by atoms with Crippen LogP contribution in [-0.4, -0.2) is 41.9 Å². The molecule has 10 heteroatoms. The summed E-state index contributed by atoms with van der Waals surface area (Å²) in [6.07, 6.45) is -0.671. The van der Waals surface area contributed by atoms with E-state index in [4.69, 9.17) is 5.11 Å². The largest absolute Gasteiger partial charge is 0.478 e. The summed E-state index contributed by atoms with van der Waals surface area (Å²) in [5, 5.41) is 11.4. The number of rotatable bonds is 7. The number of aromatic carboxylic acids is 1. The first-order valence-electron chi connectivity index (χ1n) is 8.23. The van der Waals surface area contributed by atoms with Crippen molar-refractivity contribution in [1.29, 1.82) is 0 Å². The van der Waals surface area contributed by atoms with Crippen molar-refractivity contribution in [2.24, 2.45) is 11.8 Å².